The maximum atomic E-state index is 12.2. The van der Waals surface area contributed by atoms with E-state index in [0.29, 0.717) is 12.2 Å². The second-order valence-electron chi connectivity index (χ2n) is 4.74. The first-order chi connectivity index (χ1) is 8.99. The summed E-state index contributed by atoms with van der Waals surface area (Å²) in [6, 6.07) is 3.86. The molecule has 1 amide bonds. The number of carbonyl (C=O) groups is 1. The molecule has 0 unspecified atom stereocenters. The minimum atomic E-state index is 0.123. The first-order valence-electron chi connectivity index (χ1n) is 6.75. The van der Waals surface area contributed by atoms with Gasteiger partial charge in [-0.3, -0.25) is 4.79 Å². The minimum absolute atomic E-state index is 0.123. The topological polar surface area (TPSA) is 62.5 Å². The van der Waals surface area contributed by atoms with Crippen molar-refractivity contribution in [2.24, 2.45) is 0 Å². The van der Waals surface area contributed by atoms with Crippen molar-refractivity contribution in [1.82, 2.24) is 9.88 Å². The summed E-state index contributed by atoms with van der Waals surface area (Å²) in [6.07, 6.45) is 1.62. The number of anilines is 2. The molecule has 0 saturated carbocycles. The SMILES string of the molecule is CCN(CC)C(=O)CN(c1ccc(N)cn1)C(C)C. The van der Waals surface area contributed by atoms with Crippen LogP contribution in [0.2, 0.25) is 0 Å². The monoisotopic (exact) mass is 264 g/mol. The standard InChI is InChI=1S/C14H24N4O/c1-5-17(6-2)14(19)10-18(11(3)4)13-8-7-12(15)9-16-13/h7-9,11H,5-6,10,15H2,1-4H3. The van der Waals surface area contributed by atoms with E-state index in [4.69, 9.17) is 5.73 Å². The molecule has 0 aliphatic rings. The largest absolute Gasteiger partial charge is 0.397 e. The number of aromatic nitrogens is 1. The molecule has 0 aliphatic heterocycles. The Balaban J connectivity index is 2.84. The van der Waals surface area contributed by atoms with Crippen LogP contribution in [-0.2, 0) is 4.79 Å². The van der Waals surface area contributed by atoms with E-state index in [-0.39, 0.29) is 11.9 Å². The zero-order chi connectivity index (χ0) is 14.4. The summed E-state index contributed by atoms with van der Waals surface area (Å²) in [5.74, 6) is 0.905. The van der Waals surface area contributed by atoms with Crippen molar-refractivity contribution in [2.45, 2.75) is 33.7 Å². The third-order valence-electron chi connectivity index (χ3n) is 3.11. The van der Waals surface area contributed by atoms with Crippen molar-refractivity contribution in [1.29, 1.82) is 0 Å². The minimum Gasteiger partial charge on any atom is -0.397 e. The van der Waals surface area contributed by atoms with Crippen LogP contribution in [0.1, 0.15) is 27.7 Å². The van der Waals surface area contributed by atoms with Crippen LogP contribution in [0.25, 0.3) is 0 Å². The van der Waals surface area contributed by atoms with Crippen molar-refractivity contribution < 1.29 is 4.79 Å². The molecule has 0 aliphatic carbocycles. The van der Waals surface area contributed by atoms with E-state index in [1.807, 2.05) is 43.6 Å². The van der Waals surface area contributed by atoms with Gasteiger partial charge in [0.15, 0.2) is 0 Å². The van der Waals surface area contributed by atoms with Crippen LogP contribution in [0, 0.1) is 0 Å². The lowest BCUT2D eigenvalue weighted by atomic mass is 10.2. The maximum Gasteiger partial charge on any atom is 0.242 e. The molecule has 0 saturated heterocycles. The predicted molar refractivity (Wildman–Crippen MR) is 79.1 cm³/mol. The second-order valence-corrected chi connectivity index (χ2v) is 4.74. The molecule has 1 aromatic rings. The van der Waals surface area contributed by atoms with Crippen LogP contribution in [0.15, 0.2) is 18.3 Å². The summed E-state index contributed by atoms with van der Waals surface area (Å²) in [6.45, 7) is 9.88. The fourth-order valence-electron chi connectivity index (χ4n) is 1.92. The van der Waals surface area contributed by atoms with Crippen LogP contribution >= 0.6 is 0 Å². The van der Waals surface area contributed by atoms with Crippen LogP contribution in [-0.4, -0.2) is 41.5 Å². The van der Waals surface area contributed by atoms with Crippen LogP contribution in [0.4, 0.5) is 11.5 Å². The van der Waals surface area contributed by atoms with Gasteiger partial charge in [0, 0.05) is 19.1 Å². The van der Waals surface area contributed by atoms with E-state index in [1.54, 1.807) is 12.3 Å². The lowest BCUT2D eigenvalue weighted by Gasteiger charge is -2.30. The Morgan fingerprint density at radius 1 is 1.32 bits per heavy atom. The zero-order valence-corrected chi connectivity index (χ0v) is 12.3. The summed E-state index contributed by atoms with van der Waals surface area (Å²) in [7, 11) is 0. The van der Waals surface area contributed by atoms with Gasteiger partial charge in [-0.05, 0) is 39.8 Å². The summed E-state index contributed by atoms with van der Waals surface area (Å²) < 4.78 is 0. The van der Waals surface area contributed by atoms with Gasteiger partial charge in [-0.1, -0.05) is 0 Å². The average Bonchev–Trinajstić information content (AvgIpc) is 2.38. The number of carbonyl (C=O) groups excluding carboxylic acids is 1. The van der Waals surface area contributed by atoms with Crippen LogP contribution in [0.3, 0.4) is 0 Å². The van der Waals surface area contributed by atoms with Gasteiger partial charge in [-0.15, -0.1) is 0 Å². The first kappa shape index (κ1) is 15.3. The van der Waals surface area contributed by atoms with Crippen LogP contribution < -0.4 is 10.6 Å². The highest BCUT2D eigenvalue weighted by molar-refractivity contribution is 5.81. The van der Waals surface area contributed by atoms with Gasteiger partial charge in [0.1, 0.15) is 5.82 Å². The number of hydrogen-bond donors (Lipinski definition) is 1. The van der Waals surface area contributed by atoms with E-state index >= 15 is 0 Å². The molecule has 2 N–H and O–H groups in total. The number of rotatable bonds is 6. The number of nitrogen functional groups attached to an aromatic ring is 1. The lowest BCUT2D eigenvalue weighted by molar-refractivity contribution is -0.129. The number of amides is 1. The van der Waals surface area contributed by atoms with Gasteiger partial charge in [-0.25, -0.2) is 4.98 Å². The fraction of sp³-hybridized carbons (Fsp3) is 0.571. The Labute approximate surface area is 115 Å². The Morgan fingerprint density at radius 3 is 2.37 bits per heavy atom. The van der Waals surface area contributed by atoms with E-state index in [2.05, 4.69) is 4.98 Å². The van der Waals surface area contributed by atoms with E-state index in [1.165, 1.54) is 0 Å². The third kappa shape index (κ3) is 4.12. The molecule has 1 aromatic heterocycles. The number of likely N-dealkylation sites (N-methyl/N-ethyl adjacent to an activating group) is 1. The molecule has 0 radical (unpaired) electrons. The first-order valence-corrected chi connectivity index (χ1v) is 6.75. The molecule has 0 atom stereocenters. The second kappa shape index (κ2) is 6.97. The average molecular weight is 264 g/mol. The molecule has 0 bridgehead atoms. The Hall–Kier alpha value is -1.78. The Bertz CT molecular complexity index is 398. The van der Waals surface area contributed by atoms with Gasteiger partial charge in [0.25, 0.3) is 0 Å². The third-order valence-corrected chi connectivity index (χ3v) is 3.11. The van der Waals surface area contributed by atoms with Gasteiger partial charge in [0.05, 0.1) is 18.4 Å². The summed E-state index contributed by atoms with van der Waals surface area (Å²) in [4.78, 5) is 20.3. The molecule has 5 nitrogen and oxygen atoms in total. The molecule has 0 aromatic carbocycles. The van der Waals surface area contributed by atoms with E-state index in [0.717, 1.165) is 18.9 Å². The summed E-state index contributed by atoms with van der Waals surface area (Å²) >= 11 is 0. The number of pyridine rings is 1. The van der Waals surface area contributed by atoms with Crippen molar-refractivity contribution in [2.75, 3.05) is 30.3 Å². The number of nitrogens with two attached hydrogens (primary N) is 1. The smallest absolute Gasteiger partial charge is 0.242 e. The molecule has 106 valence electrons. The Kier molecular flexibility index (Phi) is 5.60. The van der Waals surface area contributed by atoms with Crippen LogP contribution in [0.5, 0.6) is 0 Å². The lowest BCUT2D eigenvalue weighted by Crippen LogP contribution is -2.43. The normalized spacial score (nSPS) is 10.6. The molecule has 0 fully saturated rings. The van der Waals surface area contributed by atoms with Crippen molar-refractivity contribution in [3.8, 4) is 0 Å². The van der Waals surface area contributed by atoms with Gasteiger partial charge in [-0.2, -0.15) is 0 Å². The predicted octanol–water partition coefficient (Wildman–Crippen LogP) is 1.75. The number of nitrogens with zero attached hydrogens (tertiary/aromatic N) is 3. The molecular weight excluding hydrogens is 240 g/mol. The van der Waals surface area contributed by atoms with Gasteiger partial charge >= 0.3 is 0 Å². The quantitative estimate of drug-likeness (QED) is 0.850. The molecule has 1 heterocycles. The van der Waals surface area contributed by atoms with Gasteiger partial charge < -0.3 is 15.5 Å². The molecule has 0 spiro atoms. The number of hydrogen-bond acceptors (Lipinski definition) is 4. The van der Waals surface area contributed by atoms with Crippen molar-refractivity contribution in [3.05, 3.63) is 18.3 Å². The zero-order valence-electron chi connectivity index (χ0n) is 12.3. The maximum absolute atomic E-state index is 12.2. The van der Waals surface area contributed by atoms with E-state index in [9.17, 15) is 4.79 Å². The Morgan fingerprint density at radius 2 is 1.95 bits per heavy atom. The highest BCUT2D eigenvalue weighted by Crippen LogP contribution is 2.15. The molecule has 19 heavy (non-hydrogen) atoms. The van der Waals surface area contributed by atoms with Gasteiger partial charge in [0.2, 0.25) is 5.91 Å². The van der Waals surface area contributed by atoms with Crippen molar-refractivity contribution in [3.63, 3.8) is 0 Å². The molecule has 5 heteroatoms. The summed E-state index contributed by atoms with van der Waals surface area (Å²) in [5, 5.41) is 0. The highest BCUT2D eigenvalue weighted by atomic mass is 16.2. The molecule has 1 rings (SSSR count). The summed E-state index contributed by atoms with van der Waals surface area (Å²) in [5.41, 5.74) is 6.27. The van der Waals surface area contributed by atoms with Crippen molar-refractivity contribution >= 4 is 17.4 Å². The molecular formula is C14H24N4O. The fourth-order valence-corrected chi connectivity index (χ4v) is 1.92. The highest BCUT2D eigenvalue weighted by Gasteiger charge is 2.18. The van der Waals surface area contributed by atoms with E-state index < -0.39 is 0 Å².